The Hall–Kier alpha value is -3.07. The van der Waals surface area contributed by atoms with Crippen LogP contribution in [0.3, 0.4) is 0 Å². The first-order chi connectivity index (χ1) is 14.3. The number of ketones is 1. The summed E-state index contributed by atoms with van der Waals surface area (Å²) in [5.74, 6) is -3.33. The molecule has 2 amide bonds. The molecule has 0 aliphatic carbocycles. The number of nitrogens with zero attached hydrogens (tertiary/aromatic N) is 1. The smallest absolute Gasteiger partial charge is 0.305 e. The minimum Gasteiger partial charge on any atom is -0.481 e. The van der Waals surface area contributed by atoms with Gasteiger partial charge in [-0.3, -0.25) is 19.2 Å². The van der Waals surface area contributed by atoms with E-state index < -0.39 is 42.8 Å². The van der Waals surface area contributed by atoms with Crippen LogP contribution in [0.5, 0.6) is 0 Å². The molecule has 2 aromatic rings. The number of aliphatic carboxylic acids is 1. The molecule has 30 heavy (non-hydrogen) atoms. The number of rotatable bonds is 9. The van der Waals surface area contributed by atoms with Crippen LogP contribution in [-0.2, 0) is 20.9 Å². The molecule has 1 aromatic heterocycles. The number of hydrogen-bond donors (Lipinski definition) is 2. The van der Waals surface area contributed by atoms with Crippen LogP contribution >= 0.6 is 11.3 Å². The van der Waals surface area contributed by atoms with Crippen molar-refractivity contribution in [3.8, 4) is 11.1 Å². The zero-order chi connectivity index (χ0) is 21.8. The fourth-order valence-electron chi connectivity index (χ4n) is 3.51. The van der Waals surface area contributed by atoms with E-state index in [9.17, 15) is 23.6 Å². The number of amides is 2. The number of carbonyl (C=O) groups is 4. The first-order valence-corrected chi connectivity index (χ1v) is 10.4. The molecule has 7 nitrogen and oxygen atoms in total. The molecule has 0 saturated carbocycles. The quantitative estimate of drug-likeness (QED) is 0.634. The fourth-order valence-corrected chi connectivity index (χ4v) is 4.18. The Morgan fingerprint density at radius 3 is 2.63 bits per heavy atom. The van der Waals surface area contributed by atoms with E-state index in [0.29, 0.717) is 5.56 Å². The van der Waals surface area contributed by atoms with Crippen LogP contribution in [0.4, 0.5) is 4.39 Å². The second-order valence-electron chi connectivity index (χ2n) is 7.00. The minimum atomic E-state index is -1.47. The highest BCUT2D eigenvalue weighted by atomic mass is 32.1. The highest BCUT2D eigenvalue weighted by molar-refractivity contribution is 7.08. The highest BCUT2D eigenvalue weighted by Gasteiger charge is 2.37. The number of carbonyl (C=O) groups excluding carboxylic acids is 3. The van der Waals surface area contributed by atoms with Crippen LogP contribution in [0, 0.1) is 0 Å². The summed E-state index contributed by atoms with van der Waals surface area (Å²) in [5, 5.41) is 15.2. The van der Waals surface area contributed by atoms with Gasteiger partial charge in [-0.15, -0.1) is 0 Å². The van der Waals surface area contributed by atoms with Gasteiger partial charge >= 0.3 is 5.97 Å². The summed E-state index contributed by atoms with van der Waals surface area (Å²) in [7, 11) is 0. The molecule has 158 valence electrons. The fraction of sp³-hybridized carbons (Fsp3) is 0.333. The molecule has 1 aliphatic heterocycles. The Morgan fingerprint density at radius 2 is 2.03 bits per heavy atom. The second kappa shape index (κ2) is 9.17. The molecule has 0 saturated heterocycles. The highest BCUT2D eigenvalue weighted by Crippen LogP contribution is 2.31. The number of benzene rings is 1. The van der Waals surface area contributed by atoms with Gasteiger partial charge in [0.2, 0.25) is 5.91 Å². The van der Waals surface area contributed by atoms with Crippen LogP contribution in [0.15, 0.2) is 35.0 Å². The second-order valence-corrected chi connectivity index (χ2v) is 7.78. The number of thiophene rings is 1. The molecule has 1 aliphatic rings. The molecule has 2 heterocycles. The van der Waals surface area contributed by atoms with Gasteiger partial charge in [0, 0.05) is 12.1 Å². The van der Waals surface area contributed by atoms with Gasteiger partial charge in [-0.1, -0.05) is 19.1 Å². The number of nitrogens with one attached hydrogen (secondary N) is 1. The first-order valence-electron chi connectivity index (χ1n) is 9.43. The lowest BCUT2D eigenvalue weighted by molar-refractivity contribution is -0.140. The molecule has 2 N–H and O–H groups in total. The summed E-state index contributed by atoms with van der Waals surface area (Å²) in [5.41, 5.74) is 3.19. The van der Waals surface area contributed by atoms with Gasteiger partial charge in [0.15, 0.2) is 5.78 Å². The van der Waals surface area contributed by atoms with Crippen LogP contribution in [0.1, 0.15) is 35.7 Å². The van der Waals surface area contributed by atoms with Crippen molar-refractivity contribution in [1.29, 1.82) is 0 Å². The molecule has 0 radical (unpaired) electrons. The summed E-state index contributed by atoms with van der Waals surface area (Å²) in [6, 6.07) is 5.14. The summed E-state index contributed by atoms with van der Waals surface area (Å²) >= 11 is 1.55. The molecule has 3 rings (SSSR count). The maximum Gasteiger partial charge on any atom is 0.305 e. The number of halogens is 1. The van der Waals surface area contributed by atoms with E-state index in [0.717, 1.165) is 16.7 Å². The van der Waals surface area contributed by atoms with Gasteiger partial charge in [0.1, 0.15) is 18.8 Å². The molecule has 0 spiro atoms. The summed E-state index contributed by atoms with van der Waals surface area (Å²) in [6.07, 6.45) is -0.463. The van der Waals surface area contributed by atoms with Crippen LogP contribution < -0.4 is 5.32 Å². The zero-order valence-electron chi connectivity index (χ0n) is 16.3. The Balaban J connectivity index is 1.79. The van der Waals surface area contributed by atoms with Gasteiger partial charge in [-0.05, 0) is 46.0 Å². The number of alkyl halides is 1. The van der Waals surface area contributed by atoms with E-state index in [4.69, 9.17) is 5.11 Å². The van der Waals surface area contributed by atoms with E-state index in [1.807, 2.05) is 29.0 Å². The lowest BCUT2D eigenvalue weighted by Crippen LogP contribution is -2.52. The van der Waals surface area contributed by atoms with Crippen molar-refractivity contribution in [3.63, 3.8) is 0 Å². The van der Waals surface area contributed by atoms with Crippen molar-refractivity contribution in [2.24, 2.45) is 0 Å². The van der Waals surface area contributed by atoms with E-state index in [1.54, 1.807) is 24.3 Å². The maximum absolute atomic E-state index is 13.0. The Kier molecular flexibility index (Phi) is 6.61. The average molecular weight is 432 g/mol. The molecule has 9 heteroatoms. The van der Waals surface area contributed by atoms with Crippen molar-refractivity contribution in [3.05, 3.63) is 46.2 Å². The predicted octanol–water partition coefficient (Wildman–Crippen LogP) is 2.65. The third-order valence-corrected chi connectivity index (χ3v) is 5.76. The van der Waals surface area contributed by atoms with Crippen LogP contribution in [0.25, 0.3) is 11.1 Å². The number of hydrogen-bond acceptors (Lipinski definition) is 5. The van der Waals surface area contributed by atoms with Crippen molar-refractivity contribution < 1.29 is 28.7 Å². The number of Topliss-reactive ketones (excluding diaryl/α,β-unsaturated/α-hetero) is 1. The van der Waals surface area contributed by atoms with Gasteiger partial charge in [0.25, 0.3) is 5.91 Å². The maximum atomic E-state index is 13.0. The first kappa shape index (κ1) is 21.6. The zero-order valence-corrected chi connectivity index (χ0v) is 17.1. The van der Waals surface area contributed by atoms with Gasteiger partial charge < -0.3 is 15.3 Å². The largest absolute Gasteiger partial charge is 0.481 e. The van der Waals surface area contributed by atoms with Crippen molar-refractivity contribution in [1.82, 2.24) is 10.2 Å². The molecular weight excluding hydrogens is 411 g/mol. The van der Waals surface area contributed by atoms with E-state index >= 15 is 0 Å². The van der Waals surface area contributed by atoms with Crippen LogP contribution in [-0.4, -0.2) is 52.3 Å². The normalized spacial score (nSPS) is 14.9. The van der Waals surface area contributed by atoms with E-state index in [2.05, 4.69) is 5.32 Å². The van der Waals surface area contributed by atoms with Crippen molar-refractivity contribution in [2.75, 3.05) is 6.67 Å². The van der Waals surface area contributed by atoms with E-state index in [-0.39, 0.29) is 18.9 Å². The molecule has 0 fully saturated rings. The lowest BCUT2D eigenvalue weighted by atomic mass is 10.0. The summed E-state index contributed by atoms with van der Waals surface area (Å²) in [4.78, 5) is 49.8. The van der Waals surface area contributed by atoms with Crippen molar-refractivity contribution in [2.45, 2.75) is 38.4 Å². The van der Waals surface area contributed by atoms with Gasteiger partial charge in [-0.25, -0.2) is 4.39 Å². The molecule has 2 atom stereocenters. The molecule has 0 bridgehead atoms. The molecule has 1 aromatic carbocycles. The summed E-state index contributed by atoms with van der Waals surface area (Å²) < 4.78 is 12.8. The van der Waals surface area contributed by atoms with Crippen molar-refractivity contribution >= 4 is 34.9 Å². The monoisotopic (exact) mass is 432 g/mol. The third-order valence-electron chi connectivity index (χ3n) is 5.08. The average Bonchev–Trinajstić information content (AvgIpc) is 3.36. The minimum absolute atomic E-state index is 0.227. The Bertz CT molecular complexity index is 976. The Labute approximate surface area is 176 Å². The van der Waals surface area contributed by atoms with E-state index in [1.165, 1.54) is 4.90 Å². The number of carboxylic acid groups (broad SMARTS) is 1. The van der Waals surface area contributed by atoms with Gasteiger partial charge in [-0.2, -0.15) is 11.3 Å². The standard InChI is InChI=1S/C21H21FN2O5S/c1-2-17(20(28)23-16(8-19(26)27)18(25)9-22)24-10-13-4-3-12(7-15(13)21(24)29)14-5-6-30-11-14/h3-7,11,16-17H,2,8-10H2,1H3,(H,23,28)(H,26,27). The third kappa shape index (κ3) is 4.40. The van der Waals surface area contributed by atoms with Crippen LogP contribution in [0.2, 0.25) is 0 Å². The topological polar surface area (TPSA) is 104 Å². The predicted molar refractivity (Wildman–Crippen MR) is 109 cm³/mol. The molecular formula is C21H21FN2O5S. The SMILES string of the molecule is CCC(C(=O)NC(CC(=O)O)C(=O)CF)N1Cc2ccc(-c3ccsc3)cc2C1=O. The molecule has 2 unspecified atom stereocenters. The summed E-state index contributed by atoms with van der Waals surface area (Å²) in [6.45, 7) is 0.555. The Morgan fingerprint density at radius 1 is 1.27 bits per heavy atom. The van der Waals surface area contributed by atoms with Gasteiger partial charge in [0.05, 0.1) is 6.42 Å². The number of carboxylic acids is 1. The lowest BCUT2D eigenvalue weighted by Gasteiger charge is -2.27. The number of fused-ring (bicyclic) bond motifs is 1.